The van der Waals surface area contributed by atoms with Crippen molar-refractivity contribution in [2.75, 3.05) is 29.1 Å². The summed E-state index contributed by atoms with van der Waals surface area (Å²) in [6.07, 6.45) is -2.54. The molecule has 44 heavy (non-hydrogen) atoms. The molecule has 1 fully saturated rings. The highest BCUT2D eigenvalue weighted by Gasteiger charge is 2.52. The van der Waals surface area contributed by atoms with Crippen molar-refractivity contribution in [1.82, 2.24) is 15.1 Å². The minimum atomic E-state index is -4.69. The van der Waals surface area contributed by atoms with Crippen LogP contribution < -0.4 is 10.2 Å². The van der Waals surface area contributed by atoms with Gasteiger partial charge >= 0.3 is 6.18 Å². The highest BCUT2D eigenvalue weighted by molar-refractivity contribution is 7.91. The second-order valence-corrected chi connectivity index (χ2v) is 13.2. The fourth-order valence-corrected chi connectivity index (χ4v) is 6.33. The molecule has 1 saturated carbocycles. The van der Waals surface area contributed by atoms with Crippen LogP contribution in [0, 0.1) is 5.82 Å². The average Bonchev–Trinajstić information content (AvgIpc) is 3.58. The minimum absolute atomic E-state index is 0.133. The van der Waals surface area contributed by atoms with E-state index in [-0.39, 0.29) is 38.1 Å². The number of anilines is 2. The summed E-state index contributed by atoms with van der Waals surface area (Å²) in [4.78, 5) is 21.7. The van der Waals surface area contributed by atoms with Crippen molar-refractivity contribution in [1.29, 1.82) is 0 Å². The number of alkyl halides is 3. The predicted octanol–water partition coefficient (Wildman–Crippen LogP) is 6.46. The second kappa shape index (κ2) is 12.0. The molecule has 2 aromatic carbocycles. The molecule has 4 aromatic rings. The first-order chi connectivity index (χ1) is 20.7. The van der Waals surface area contributed by atoms with Crippen molar-refractivity contribution < 1.29 is 35.3 Å². The third-order valence-corrected chi connectivity index (χ3v) is 9.30. The topological polar surface area (TPSA) is 118 Å². The third-order valence-electron chi connectivity index (χ3n) is 6.99. The SMILES string of the molecule is CCS(=O)(=O)c1ccc(N(CC(=O)Nc2cc(Cl)c(C3(c4noc(-c5ccc(F)cc5)n4)CC3)c(Cl)c2)CC(F)(F)F)nc1. The van der Waals surface area contributed by atoms with Crippen LogP contribution in [0.15, 0.2) is 64.1 Å². The van der Waals surface area contributed by atoms with Crippen LogP contribution in [-0.4, -0.2) is 54.5 Å². The number of rotatable bonds is 10. The number of pyridine rings is 1. The van der Waals surface area contributed by atoms with E-state index >= 15 is 0 Å². The van der Waals surface area contributed by atoms with E-state index < -0.39 is 46.2 Å². The molecule has 2 heterocycles. The van der Waals surface area contributed by atoms with Gasteiger partial charge in [0.15, 0.2) is 15.7 Å². The predicted molar refractivity (Wildman–Crippen MR) is 155 cm³/mol. The fraction of sp³-hybridized carbons (Fsp3) is 0.286. The van der Waals surface area contributed by atoms with Gasteiger partial charge in [-0.3, -0.25) is 4.79 Å². The molecule has 0 radical (unpaired) electrons. The fourth-order valence-electron chi connectivity index (χ4n) is 4.66. The Morgan fingerprint density at radius 2 is 1.75 bits per heavy atom. The molecule has 1 N–H and O–H groups in total. The summed E-state index contributed by atoms with van der Waals surface area (Å²) in [6.45, 7) is -0.848. The smallest absolute Gasteiger partial charge is 0.338 e. The molecule has 1 aliphatic carbocycles. The minimum Gasteiger partial charge on any atom is -0.338 e. The number of hydrogen-bond donors (Lipinski definition) is 1. The van der Waals surface area contributed by atoms with E-state index in [2.05, 4.69) is 20.4 Å². The third kappa shape index (κ3) is 6.81. The molecular weight excluding hydrogens is 649 g/mol. The lowest BCUT2D eigenvalue weighted by Crippen LogP contribution is -2.40. The number of carbonyl (C=O) groups is 1. The van der Waals surface area contributed by atoms with Gasteiger partial charge in [0.2, 0.25) is 5.91 Å². The van der Waals surface area contributed by atoms with Crippen LogP contribution in [0.25, 0.3) is 11.5 Å². The zero-order valence-electron chi connectivity index (χ0n) is 22.8. The normalized spacial score (nSPS) is 14.3. The molecule has 0 bridgehead atoms. The standard InChI is InChI=1S/C28H23Cl2F4N5O4S/c1-2-44(41,42)19-7-8-22(35-13-19)39(15-28(32,33)34)14-23(40)36-18-11-20(29)24(21(30)12-18)27(9-10-27)26-37-25(43-38-26)16-3-5-17(31)6-4-16/h3-8,11-13H,2,9-10,14-15H2,1H3,(H,36,40). The van der Waals surface area contributed by atoms with Crippen LogP contribution in [0.1, 0.15) is 31.2 Å². The van der Waals surface area contributed by atoms with E-state index in [0.717, 1.165) is 18.3 Å². The van der Waals surface area contributed by atoms with Gasteiger partial charge in [0.1, 0.15) is 18.2 Å². The lowest BCUT2D eigenvalue weighted by Gasteiger charge is -2.24. The zero-order chi connectivity index (χ0) is 31.9. The van der Waals surface area contributed by atoms with E-state index in [1.54, 1.807) is 0 Å². The van der Waals surface area contributed by atoms with Crippen molar-refractivity contribution in [2.45, 2.75) is 36.3 Å². The Labute approximate surface area is 259 Å². The molecular formula is C28H23Cl2F4N5O4S. The number of halogens is 6. The molecule has 2 aromatic heterocycles. The lowest BCUT2D eigenvalue weighted by atomic mass is 9.94. The van der Waals surface area contributed by atoms with Gasteiger partial charge in [0.05, 0.1) is 22.6 Å². The Kier molecular flexibility index (Phi) is 8.62. The number of hydrogen-bond acceptors (Lipinski definition) is 8. The van der Waals surface area contributed by atoms with Gasteiger partial charge in [-0.05, 0) is 61.4 Å². The Morgan fingerprint density at radius 3 is 2.30 bits per heavy atom. The Hall–Kier alpha value is -3.75. The van der Waals surface area contributed by atoms with Gasteiger partial charge in [0.25, 0.3) is 5.89 Å². The maximum Gasteiger partial charge on any atom is 0.405 e. The highest BCUT2D eigenvalue weighted by Crippen LogP contribution is 2.57. The number of amides is 1. The number of sulfone groups is 1. The van der Waals surface area contributed by atoms with Gasteiger partial charge in [0, 0.05) is 33.1 Å². The summed E-state index contributed by atoms with van der Waals surface area (Å²) in [6, 6.07) is 10.6. The van der Waals surface area contributed by atoms with Crippen molar-refractivity contribution in [3.05, 3.63) is 82.0 Å². The monoisotopic (exact) mass is 671 g/mol. The lowest BCUT2D eigenvalue weighted by molar-refractivity contribution is -0.122. The quantitative estimate of drug-likeness (QED) is 0.191. The summed E-state index contributed by atoms with van der Waals surface area (Å²) >= 11 is 13.2. The summed E-state index contributed by atoms with van der Waals surface area (Å²) in [5.74, 6) is -1.19. The van der Waals surface area contributed by atoms with E-state index in [9.17, 15) is 30.8 Å². The average molecular weight is 672 g/mol. The summed E-state index contributed by atoms with van der Waals surface area (Å²) in [5, 5.41) is 6.92. The van der Waals surface area contributed by atoms with Gasteiger partial charge in [-0.2, -0.15) is 18.2 Å². The van der Waals surface area contributed by atoms with Crippen LogP contribution in [0.4, 0.5) is 29.1 Å². The van der Waals surface area contributed by atoms with Crippen molar-refractivity contribution in [3.8, 4) is 11.5 Å². The molecule has 0 unspecified atom stereocenters. The van der Waals surface area contributed by atoms with Gasteiger partial charge in [-0.15, -0.1) is 0 Å². The molecule has 0 saturated heterocycles. The van der Waals surface area contributed by atoms with Gasteiger partial charge < -0.3 is 14.7 Å². The highest BCUT2D eigenvalue weighted by atomic mass is 35.5. The van der Waals surface area contributed by atoms with Crippen molar-refractivity contribution in [3.63, 3.8) is 0 Å². The van der Waals surface area contributed by atoms with Crippen LogP contribution in [-0.2, 0) is 20.0 Å². The molecule has 1 amide bonds. The first-order valence-corrected chi connectivity index (χ1v) is 15.5. The molecule has 9 nitrogen and oxygen atoms in total. The summed E-state index contributed by atoms with van der Waals surface area (Å²) in [5.41, 5.74) is 0.391. The van der Waals surface area contributed by atoms with E-state index in [1.807, 2.05) is 0 Å². The Balaban J connectivity index is 1.34. The maximum absolute atomic E-state index is 13.3. The first kappa shape index (κ1) is 31.7. The number of nitrogens with one attached hydrogen (secondary N) is 1. The molecule has 5 rings (SSSR count). The van der Waals surface area contributed by atoms with Crippen molar-refractivity contribution >= 4 is 50.5 Å². The Morgan fingerprint density at radius 1 is 1.09 bits per heavy atom. The van der Waals surface area contributed by atoms with Crippen molar-refractivity contribution in [2.24, 2.45) is 0 Å². The maximum atomic E-state index is 13.3. The molecule has 0 atom stereocenters. The largest absolute Gasteiger partial charge is 0.405 e. The molecule has 1 aliphatic rings. The number of benzene rings is 2. The van der Waals surface area contributed by atoms with E-state index in [0.29, 0.717) is 34.7 Å². The molecule has 0 spiro atoms. The summed E-state index contributed by atoms with van der Waals surface area (Å²) < 4.78 is 82.8. The number of carbonyl (C=O) groups excluding carboxylic acids is 1. The first-order valence-electron chi connectivity index (χ1n) is 13.1. The van der Waals surface area contributed by atoms with Crippen LogP contribution in [0.2, 0.25) is 10.0 Å². The van der Waals surface area contributed by atoms with Crippen LogP contribution >= 0.6 is 23.2 Å². The number of aromatic nitrogens is 3. The molecule has 0 aliphatic heterocycles. The van der Waals surface area contributed by atoms with E-state index in [1.165, 1.54) is 43.3 Å². The van der Waals surface area contributed by atoms with Gasteiger partial charge in [-0.25, -0.2) is 17.8 Å². The van der Waals surface area contributed by atoms with Crippen LogP contribution in [0.3, 0.4) is 0 Å². The summed E-state index contributed by atoms with van der Waals surface area (Å²) in [7, 11) is -3.62. The zero-order valence-corrected chi connectivity index (χ0v) is 25.2. The van der Waals surface area contributed by atoms with Crippen LogP contribution in [0.5, 0.6) is 0 Å². The van der Waals surface area contributed by atoms with Gasteiger partial charge in [-0.1, -0.05) is 35.3 Å². The molecule has 232 valence electrons. The molecule has 16 heteroatoms. The second-order valence-electron chi connectivity index (χ2n) is 10.1. The number of nitrogens with zero attached hydrogens (tertiary/aromatic N) is 4. The Bertz CT molecular complexity index is 1770. The van der Waals surface area contributed by atoms with E-state index in [4.69, 9.17) is 27.7 Å².